The molecule has 0 radical (unpaired) electrons. The lowest BCUT2D eigenvalue weighted by atomic mass is 9.79. The minimum absolute atomic E-state index is 0.00528. The van der Waals surface area contributed by atoms with Crippen LogP contribution in [0.2, 0.25) is 10.0 Å². The normalized spacial score (nSPS) is 22.8. The second-order valence-corrected chi connectivity index (χ2v) is 7.33. The van der Waals surface area contributed by atoms with Crippen LogP contribution in [0.15, 0.2) is 41.4 Å². The van der Waals surface area contributed by atoms with Gasteiger partial charge < -0.3 is 5.11 Å². The van der Waals surface area contributed by atoms with E-state index in [4.69, 9.17) is 28.3 Å². The molecule has 0 saturated heterocycles. The van der Waals surface area contributed by atoms with E-state index in [9.17, 15) is 4.79 Å². The van der Waals surface area contributed by atoms with Gasteiger partial charge >= 0.3 is 5.97 Å². The Labute approximate surface area is 150 Å². The molecule has 1 heterocycles. The Morgan fingerprint density at radius 2 is 1.88 bits per heavy atom. The van der Waals surface area contributed by atoms with E-state index in [0.29, 0.717) is 15.6 Å². The average Bonchev–Trinajstić information content (AvgIpc) is 2.90. The fourth-order valence-electron chi connectivity index (χ4n) is 3.18. The van der Waals surface area contributed by atoms with Crippen molar-refractivity contribution >= 4 is 35.4 Å². The van der Waals surface area contributed by atoms with Gasteiger partial charge in [0.1, 0.15) is 0 Å². The lowest BCUT2D eigenvalue weighted by molar-refractivity contribution is 0.0696. The fourth-order valence-corrected chi connectivity index (χ4v) is 3.70. The molecule has 2 unspecified atom stereocenters. The van der Waals surface area contributed by atoms with Gasteiger partial charge in [-0.25, -0.2) is 4.79 Å². The van der Waals surface area contributed by atoms with Gasteiger partial charge in [0.25, 0.3) is 0 Å². The zero-order valence-electron chi connectivity index (χ0n) is 13.4. The third kappa shape index (κ3) is 3.19. The summed E-state index contributed by atoms with van der Waals surface area (Å²) < 4.78 is 0. The lowest BCUT2D eigenvalue weighted by Gasteiger charge is -2.23. The molecule has 0 spiro atoms. The highest BCUT2D eigenvalue weighted by molar-refractivity contribution is 6.34. The molecule has 0 aromatic heterocycles. The summed E-state index contributed by atoms with van der Waals surface area (Å²) in [5.74, 6) is -0.910. The van der Waals surface area contributed by atoms with Gasteiger partial charge in [0.15, 0.2) is 0 Å². The molecule has 3 rings (SSSR count). The molecular weight excluding hydrogens is 345 g/mol. The number of benzene rings is 2. The summed E-state index contributed by atoms with van der Waals surface area (Å²) in [7, 11) is 0. The Hall–Kier alpha value is -1.84. The summed E-state index contributed by atoms with van der Waals surface area (Å²) in [5, 5.41) is 10.4. The zero-order chi connectivity index (χ0) is 17.5. The molecule has 24 heavy (non-hydrogen) atoms. The van der Waals surface area contributed by atoms with Crippen molar-refractivity contribution in [3.8, 4) is 0 Å². The highest BCUT2D eigenvalue weighted by Gasteiger charge is 2.34. The number of aryl methyl sites for hydroxylation is 1. The third-order valence-corrected chi connectivity index (χ3v) is 4.98. The van der Waals surface area contributed by atoms with Crippen molar-refractivity contribution in [2.24, 2.45) is 4.99 Å². The molecule has 0 fully saturated rings. The summed E-state index contributed by atoms with van der Waals surface area (Å²) >= 11 is 12.3. The number of halogens is 2. The molecular formula is C19H17Cl2NO2. The average molecular weight is 362 g/mol. The number of hydrogen-bond acceptors (Lipinski definition) is 2. The predicted octanol–water partition coefficient (Wildman–Crippen LogP) is 5.47. The van der Waals surface area contributed by atoms with Gasteiger partial charge in [-0.2, -0.15) is 0 Å². The molecule has 2 aromatic rings. The van der Waals surface area contributed by atoms with Crippen molar-refractivity contribution in [3.05, 3.63) is 68.7 Å². The highest BCUT2D eigenvalue weighted by Crippen LogP contribution is 2.41. The number of carboxylic acid groups (broad SMARTS) is 1. The lowest BCUT2D eigenvalue weighted by Crippen LogP contribution is -2.21. The summed E-state index contributed by atoms with van der Waals surface area (Å²) in [6.07, 6.45) is 2.73. The first-order valence-corrected chi connectivity index (χ1v) is 8.39. The first-order chi connectivity index (χ1) is 11.3. The van der Waals surface area contributed by atoms with Crippen LogP contribution in [0.3, 0.4) is 0 Å². The fraction of sp³-hybridized carbons (Fsp3) is 0.263. The van der Waals surface area contributed by atoms with Crippen molar-refractivity contribution in [2.45, 2.75) is 31.7 Å². The number of aliphatic imine (C=N–C) groups is 1. The van der Waals surface area contributed by atoms with E-state index in [2.05, 4.69) is 11.9 Å². The second-order valence-electron chi connectivity index (χ2n) is 6.45. The Bertz CT molecular complexity index is 827. The third-order valence-electron chi connectivity index (χ3n) is 4.54. The van der Waals surface area contributed by atoms with E-state index in [1.165, 1.54) is 0 Å². The Balaban J connectivity index is 1.89. The molecule has 0 saturated carbocycles. The van der Waals surface area contributed by atoms with Crippen molar-refractivity contribution in [1.82, 2.24) is 0 Å². The highest BCUT2D eigenvalue weighted by atomic mass is 35.5. The van der Waals surface area contributed by atoms with Gasteiger partial charge in [-0.05, 0) is 54.3 Å². The van der Waals surface area contributed by atoms with Crippen LogP contribution in [0.25, 0.3) is 0 Å². The molecule has 2 atom stereocenters. The van der Waals surface area contributed by atoms with Crippen LogP contribution in [0.1, 0.15) is 46.4 Å². The van der Waals surface area contributed by atoms with Gasteiger partial charge in [-0.15, -0.1) is 0 Å². The molecule has 1 aliphatic rings. The standard InChI is InChI=1S/C19H17Cl2NO2/c1-11-5-12(3-4-16(11)18(23)24)17-9-19(2,10-22-17)13-6-14(20)8-15(21)7-13/h3-8,10,17H,9H2,1-2H3,(H,23,24). The number of carboxylic acids is 1. The summed E-state index contributed by atoms with van der Waals surface area (Å²) in [4.78, 5) is 15.8. The van der Waals surface area contributed by atoms with Crippen LogP contribution in [0.5, 0.6) is 0 Å². The van der Waals surface area contributed by atoms with E-state index >= 15 is 0 Å². The maximum absolute atomic E-state index is 11.2. The van der Waals surface area contributed by atoms with Crippen LogP contribution < -0.4 is 0 Å². The Morgan fingerprint density at radius 3 is 2.46 bits per heavy atom. The van der Waals surface area contributed by atoms with E-state index < -0.39 is 5.97 Å². The van der Waals surface area contributed by atoms with Crippen molar-refractivity contribution in [3.63, 3.8) is 0 Å². The first kappa shape index (κ1) is 17.0. The molecule has 124 valence electrons. The molecule has 3 nitrogen and oxygen atoms in total. The van der Waals surface area contributed by atoms with Crippen molar-refractivity contribution in [1.29, 1.82) is 0 Å². The molecule has 0 aliphatic carbocycles. The molecule has 1 N–H and O–H groups in total. The molecule has 2 aromatic carbocycles. The van der Waals surface area contributed by atoms with E-state index in [-0.39, 0.29) is 11.5 Å². The number of aromatic carboxylic acids is 1. The van der Waals surface area contributed by atoms with Gasteiger partial charge in [0.05, 0.1) is 11.6 Å². The van der Waals surface area contributed by atoms with E-state index in [1.807, 2.05) is 37.4 Å². The van der Waals surface area contributed by atoms with E-state index in [0.717, 1.165) is 23.1 Å². The maximum atomic E-state index is 11.2. The van der Waals surface area contributed by atoms with Crippen LogP contribution >= 0.6 is 23.2 Å². The summed E-state index contributed by atoms with van der Waals surface area (Å²) in [6.45, 7) is 3.92. The van der Waals surface area contributed by atoms with E-state index in [1.54, 1.807) is 12.1 Å². The second kappa shape index (κ2) is 6.23. The van der Waals surface area contributed by atoms with Crippen LogP contribution in [-0.4, -0.2) is 17.3 Å². The first-order valence-electron chi connectivity index (χ1n) is 7.63. The summed E-state index contributed by atoms with van der Waals surface area (Å²) in [6, 6.07) is 10.9. The van der Waals surface area contributed by atoms with Crippen LogP contribution in [0.4, 0.5) is 0 Å². The number of rotatable bonds is 3. The number of carbonyl (C=O) groups is 1. The quantitative estimate of drug-likeness (QED) is 0.787. The number of nitrogens with zero attached hydrogens (tertiary/aromatic N) is 1. The topological polar surface area (TPSA) is 49.7 Å². The molecule has 1 aliphatic heterocycles. The zero-order valence-corrected chi connectivity index (χ0v) is 14.9. The van der Waals surface area contributed by atoms with Crippen molar-refractivity contribution in [2.75, 3.05) is 0 Å². The molecule has 0 amide bonds. The Kier molecular flexibility index (Phi) is 4.41. The number of hydrogen-bond donors (Lipinski definition) is 1. The monoisotopic (exact) mass is 361 g/mol. The smallest absolute Gasteiger partial charge is 0.335 e. The predicted molar refractivity (Wildman–Crippen MR) is 97.8 cm³/mol. The van der Waals surface area contributed by atoms with Gasteiger partial charge in [-0.3, -0.25) is 4.99 Å². The van der Waals surface area contributed by atoms with Crippen molar-refractivity contribution < 1.29 is 9.90 Å². The minimum atomic E-state index is -0.910. The van der Waals surface area contributed by atoms with Gasteiger partial charge in [-0.1, -0.05) is 42.3 Å². The molecule has 5 heteroatoms. The Morgan fingerprint density at radius 1 is 1.21 bits per heavy atom. The minimum Gasteiger partial charge on any atom is -0.478 e. The summed E-state index contributed by atoms with van der Waals surface area (Å²) in [5.41, 5.74) is 2.87. The largest absolute Gasteiger partial charge is 0.478 e. The SMILES string of the molecule is Cc1cc(C2CC(C)(c3cc(Cl)cc(Cl)c3)C=N2)ccc1C(=O)O. The van der Waals surface area contributed by atoms with Gasteiger partial charge in [0.2, 0.25) is 0 Å². The molecule has 0 bridgehead atoms. The van der Waals surface area contributed by atoms with Gasteiger partial charge in [0, 0.05) is 21.7 Å². The van der Waals surface area contributed by atoms with Crippen LogP contribution in [-0.2, 0) is 5.41 Å². The van der Waals surface area contributed by atoms with Crippen LogP contribution in [0, 0.1) is 6.92 Å². The maximum Gasteiger partial charge on any atom is 0.335 e.